The lowest BCUT2D eigenvalue weighted by molar-refractivity contribution is -0.383. The summed E-state index contributed by atoms with van der Waals surface area (Å²) < 4.78 is 10.1. The molecule has 0 aromatic heterocycles. The van der Waals surface area contributed by atoms with E-state index in [1.807, 2.05) is 24.3 Å². The molecule has 0 atom stereocenters. The number of nitrogen functional groups attached to an aromatic ring is 1. The Labute approximate surface area is 155 Å². The SMILES string of the molecule is COc1ccccc1CCNC(=O)COC(=O)c1ccc(N)c([N+](=O)[O-])c1. The number of nitro benzene ring substituents is 1. The zero-order chi connectivity index (χ0) is 19.8. The van der Waals surface area contributed by atoms with E-state index < -0.39 is 29.1 Å². The second-order valence-corrected chi connectivity index (χ2v) is 5.52. The van der Waals surface area contributed by atoms with Gasteiger partial charge in [-0.2, -0.15) is 0 Å². The molecule has 0 radical (unpaired) electrons. The number of nitrogens with one attached hydrogen (secondary N) is 1. The highest BCUT2D eigenvalue weighted by atomic mass is 16.6. The predicted molar refractivity (Wildman–Crippen MR) is 97.5 cm³/mol. The van der Waals surface area contributed by atoms with Crippen molar-refractivity contribution < 1.29 is 24.0 Å². The molecule has 2 aromatic rings. The van der Waals surface area contributed by atoms with E-state index in [0.717, 1.165) is 17.4 Å². The Morgan fingerprint density at radius 1 is 1.22 bits per heavy atom. The molecule has 27 heavy (non-hydrogen) atoms. The largest absolute Gasteiger partial charge is 0.496 e. The minimum absolute atomic E-state index is 0.0577. The molecular formula is C18H19N3O6. The molecule has 0 aliphatic rings. The van der Waals surface area contributed by atoms with E-state index in [1.54, 1.807) is 7.11 Å². The van der Waals surface area contributed by atoms with Gasteiger partial charge in [0.1, 0.15) is 11.4 Å². The van der Waals surface area contributed by atoms with Crippen molar-refractivity contribution in [2.24, 2.45) is 0 Å². The van der Waals surface area contributed by atoms with Gasteiger partial charge >= 0.3 is 5.97 Å². The molecule has 0 fully saturated rings. The Morgan fingerprint density at radius 3 is 2.67 bits per heavy atom. The van der Waals surface area contributed by atoms with Crippen molar-refractivity contribution >= 4 is 23.3 Å². The first kappa shape index (κ1) is 19.7. The van der Waals surface area contributed by atoms with Crippen LogP contribution in [-0.4, -0.2) is 37.1 Å². The topological polar surface area (TPSA) is 134 Å². The highest BCUT2D eigenvalue weighted by Crippen LogP contribution is 2.22. The van der Waals surface area contributed by atoms with Gasteiger partial charge in [-0.25, -0.2) is 4.79 Å². The fourth-order valence-electron chi connectivity index (χ4n) is 2.34. The number of methoxy groups -OCH3 is 1. The molecule has 0 aliphatic heterocycles. The summed E-state index contributed by atoms with van der Waals surface area (Å²) in [4.78, 5) is 33.9. The van der Waals surface area contributed by atoms with Crippen molar-refractivity contribution in [1.82, 2.24) is 5.32 Å². The molecule has 0 unspecified atom stereocenters. The first-order valence-electron chi connectivity index (χ1n) is 8.02. The number of nitrogens with zero attached hydrogens (tertiary/aromatic N) is 1. The van der Waals surface area contributed by atoms with Gasteiger partial charge in [0.25, 0.3) is 11.6 Å². The van der Waals surface area contributed by atoms with Crippen molar-refractivity contribution in [2.75, 3.05) is 26.0 Å². The molecule has 0 spiro atoms. The average Bonchev–Trinajstić information content (AvgIpc) is 2.66. The Balaban J connectivity index is 1.82. The van der Waals surface area contributed by atoms with Crippen LogP contribution in [0.15, 0.2) is 42.5 Å². The summed E-state index contributed by atoms with van der Waals surface area (Å²) >= 11 is 0. The number of hydrogen-bond acceptors (Lipinski definition) is 7. The fraction of sp³-hybridized carbons (Fsp3) is 0.222. The summed E-state index contributed by atoms with van der Waals surface area (Å²) in [6.45, 7) is -0.160. The van der Waals surface area contributed by atoms with Crippen molar-refractivity contribution in [3.8, 4) is 5.75 Å². The van der Waals surface area contributed by atoms with Crippen LogP contribution in [0.5, 0.6) is 5.75 Å². The monoisotopic (exact) mass is 373 g/mol. The van der Waals surface area contributed by atoms with E-state index in [4.69, 9.17) is 15.2 Å². The summed E-state index contributed by atoms with van der Waals surface area (Å²) in [5, 5.41) is 13.5. The summed E-state index contributed by atoms with van der Waals surface area (Å²) in [7, 11) is 1.57. The van der Waals surface area contributed by atoms with Crippen LogP contribution >= 0.6 is 0 Å². The summed E-state index contributed by atoms with van der Waals surface area (Å²) in [6.07, 6.45) is 0.549. The first-order chi connectivity index (χ1) is 12.9. The minimum Gasteiger partial charge on any atom is -0.496 e. The second kappa shape index (κ2) is 9.18. The molecular weight excluding hydrogens is 354 g/mol. The van der Waals surface area contributed by atoms with Gasteiger partial charge in [0, 0.05) is 12.6 Å². The van der Waals surface area contributed by atoms with Gasteiger partial charge in [-0.05, 0) is 30.2 Å². The summed E-state index contributed by atoms with van der Waals surface area (Å²) in [5.41, 5.74) is 5.89. The van der Waals surface area contributed by atoms with Crippen LogP contribution in [-0.2, 0) is 16.0 Å². The molecule has 0 saturated carbocycles. The van der Waals surface area contributed by atoms with Gasteiger partial charge < -0.3 is 20.5 Å². The summed E-state index contributed by atoms with van der Waals surface area (Å²) in [5.74, 6) is -0.607. The van der Waals surface area contributed by atoms with Crippen molar-refractivity contribution in [3.63, 3.8) is 0 Å². The van der Waals surface area contributed by atoms with E-state index in [-0.39, 0.29) is 11.3 Å². The molecule has 142 valence electrons. The number of rotatable bonds is 8. The lowest BCUT2D eigenvalue weighted by atomic mass is 10.1. The van der Waals surface area contributed by atoms with Crippen LogP contribution in [0, 0.1) is 10.1 Å². The number of nitro groups is 1. The number of benzene rings is 2. The third-order valence-electron chi connectivity index (χ3n) is 3.71. The molecule has 9 nitrogen and oxygen atoms in total. The Bertz CT molecular complexity index is 853. The Hall–Kier alpha value is -3.62. The van der Waals surface area contributed by atoms with Crippen molar-refractivity contribution in [3.05, 3.63) is 63.7 Å². The maximum atomic E-state index is 11.9. The van der Waals surface area contributed by atoms with E-state index in [2.05, 4.69) is 5.32 Å². The smallest absolute Gasteiger partial charge is 0.338 e. The molecule has 0 aliphatic carbocycles. The van der Waals surface area contributed by atoms with Crippen LogP contribution in [0.1, 0.15) is 15.9 Å². The molecule has 1 amide bonds. The number of amides is 1. The Morgan fingerprint density at radius 2 is 1.96 bits per heavy atom. The highest BCUT2D eigenvalue weighted by Gasteiger charge is 2.17. The number of para-hydroxylation sites is 1. The van der Waals surface area contributed by atoms with E-state index in [9.17, 15) is 19.7 Å². The second-order valence-electron chi connectivity index (χ2n) is 5.52. The first-order valence-corrected chi connectivity index (χ1v) is 8.02. The summed E-state index contributed by atoms with van der Waals surface area (Å²) in [6, 6.07) is 11.0. The van der Waals surface area contributed by atoms with Gasteiger partial charge in [0.15, 0.2) is 6.61 Å². The highest BCUT2D eigenvalue weighted by molar-refractivity contribution is 5.92. The zero-order valence-electron chi connectivity index (χ0n) is 14.6. The molecule has 0 bridgehead atoms. The van der Waals surface area contributed by atoms with Crippen molar-refractivity contribution in [1.29, 1.82) is 0 Å². The van der Waals surface area contributed by atoms with Gasteiger partial charge in [0.05, 0.1) is 17.6 Å². The van der Waals surface area contributed by atoms with E-state index >= 15 is 0 Å². The molecule has 0 saturated heterocycles. The normalized spacial score (nSPS) is 10.1. The molecule has 0 heterocycles. The van der Waals surface area contributed by atoms with Crippen LogP contribution in [0.2, 0.25) is 0 Å². The van der Waals surface area contributed by atoms with Crippen LogP contribution < -0.4 is 15.8 Å². The molecule has 2 aromatic carbocycles. The number of carbonyl (C=O) groups excluding carboxylic acids is 2. The van der Waals surface area contributed by atoms with Crippen molar-refractivity contribution in [2.45, 2.75) is 6.42 Å². The Kier molecular flexibility index (Phi) is 6.70. The number of nitrogens with two attached hydrogens (primary N) is 1. The van der Waals surface area contributed by atoms with E-state index in [1.165, 1.54) is 12.1 Å². The molecule has 2 rings (SSSR count). The zero-order valence-corrected chi connectivity index (χ0v) is 14.6. The lowest BCUT2D eigenvalue weighted by Gasteiger charge is -2.09. The number of anilines is 1. The van der Waals surface area contributed by atoms with Gasteiger partial charge in [-0.1, -0.05) is 18.2 Å². The molecule has 9 heteroatoms. The van der Waals surface area contributed by atoms with Crippen LogP contribution in [0.3, 0.4) is 0 Å². The third-order valence-corrected chi connectivity index (χ3v) is 3.71. The van der Waals surface area contributed by atoms with Gasteiger partial charge in [0.2, 0.25) is 0 Å². The maximum absolute atomic E-state index is 11.9. The quantitative estimate of drug-likeness (QED) is 0.311. The third kappa shape index (κ3) is 5.43. The fourth-order valence-corrected chi connectivity index (χ4v) is 2.34. The molecule has 3 N–H and O–H groups in total. The standard InChI is InChI=1S/C18H19N3O6/c1-26-16-5-3-2-4-12(16)8-9-20-17(22)11-27-18(23)13-6-7-14(19)15(10-13)21(24)25/h2-7,10H,8-9,11,19H2,1H3,(H,20,22). The number of ether oxygens (including phenoxy) is 2. The average molecular weight is 373 g/mol. The van der Waals surface area contributed by atoms with Crippen LogP contribution in [0.4, 0.5) is 11.4 Å². The van der Waals surface area contributed by atoms with Gasteiger partial charge in [-0.15, -0.1) is 0 Å². The maximum Gasteiger partial charge on any atom is 0.338 e. The number of esters is 1. The number of carbonyl (C=O) groups is 2. The van der Waals surface area contributed by atoms with E-state index in [0.29, 0.717) is 13.0 Å². The predicted octanol–water partition coefficient (Wildman–Crippen LogP) is 1.70. The lowest BCUT2D eigenvalue weighted by Crippen LogP contribution is -2.30. The van der Waals surface area contributed by atoms with Crippen LogP contribution in [0.25, 0.3) is 0 Å². The van der Waals surface area contributed by atoms with Gasteiger partial charge in [-0.3, -0.25) is 14.9 Å². The minimum atomic E-state index is -0.849. The number of hydrogen-bond donors (Lipinski definition) is 2.